The van der Waals surface area contributed by atoms with Crippen molar-refractivity contribution in [1.82, 2.24) is 29.9 Å². The Labute approximate surface area is 131 Å². The second-order valence-corrected chi connectivity index (χ2v) is 5.43. The molecule has 0 atom stereocenters. The first-order chi connectivity index (χ1) is 11.2. The monoisotopic (exact) mass is 309 g/mol. The van der Waals surface area contributed by atoms with Gasteiger partial charge in [0.25, 0.3) is 0 Å². The van der Waals surface area contributed by atoms with Crippen LogP contribution in [-0.2, 0) is 0 Å². The number of H-pyrrole nitrogens is 1. The van der Waals surface area contributed by atoms with E-state index in [4.69, 9.17) is 4.42 Å². The van der Waals surface area contributed by atoms with Gasteiger partial charge < -0.3 is 9.73 Å². The van der Waals surface area contributed by atoms with Gasteiger partial charge in [0.2, 0.25) is 0 Å². The minimum Gasteiger partial charge on any atom is -0.461 e. The van der Waals surface area contributed by atoms with E-state index in [0.29, 0.717) is 29.0 Å². The van der Waals surface area contributed by atoms with E-state index >= 15 is 0 Å². The van der Waals surface area contributed by atoms with Gasteiger partial charge in [-0.15, -0.1) is 0 Å². The number of hydrogen-bond donors (Lipinski definition) is 2. The molecule has 4 heterocycles. The summed E-state index contributed by atoms with van der Waals surface area (Å²) >= 11 is 0. The van der Waals surface area contributed by atoms with Gasteiger partial charge in [0.05, 0.1) is 24.3 Å². The predicted octanol–water partition coefficient (Wildman–Crippen LogP) is 3.13. The van der Waals surface area contributed by atoms with Gasteiger partial charge in [-0.1, -0.05) is 0 Å². The first kappa shape index (κ1) is 13.5. The van der Waals surface area contributed by atoms with Crippen LogP contribution >= 0.6 is 0 Å². The Morgan fingerprint density at radius 3 is 2.91 bits per heavy atom. The number of furan rings is 1. The summed E-state index contributed by atoms with van der Waals surface area (Å²) in [5.41, 5.74) is 2.29. The second kappa shape index (κ2) is 5.24. The van der Waals surface area contributed by atoms with Gasteiger partial charge in [0, 0.05) is 12.2 Å². The average molecular weight is 309 g/mol. The SMILES string of the molecule is CC(C)n1cc(Nc2nc(-c3ccco3)nc3cn[nH]c23)cn1. The first-order valence-electron chi connectivity index (χ1n) is 7.27. The van der Waals surface area contributed by atoms with Gasteiger partial charge >= 0.3 is 0 Å². The fourth-order valence-corrected chi connectivity index (χ4v) is 2.27. The van der Waals surface area contributed by atoms with E-state index in [-0.39, 0.29) is 0 Å². The molecule has 4 aromatic heterocycles. The highest BCUT2D eigenvalue weighted by Crippen LogP contribution is 2.26. The number of anilines is 2. The van der Waals surface area contributed by atoms with Crippen LogP contribution in [-0.4, -0.2) is 29.9 Å². The zero-order valence-electron chi connectivity index (χ0n) is 12.7. The zero-order chi connectivity index (χ0) is 15.8. The zero-order valence-corrected chi connectivity index (χ0v) is 12.7. The molecule has 0 saturated carbocycles. The second-order valence-electron chi connectivity index (χ2n) is 5.43. The lowest BCUT2D eigenvalue weighted by Gasteiger charge is -2.06. The van der Waals surface area contributed by atoms with E-state index in [9.17, 15) is 0 Å². The third kappa shape index (κ3) is 2.44. The quantitative estimate of drug-likeness (QED) is 0.601. The minimum atomic E-state index is 0.293. The smallest absolute Gasteiger partial charge is 0.198 e. The molecule has 0 bridgehead atoms. The van der Waals surface area contributed by atoms with Gasteiger partial charge in [-0.2, -0.15) is 10.2 Å². The Kier molecular flexibility index (Phi) is 3.07. The Bertz CT molecular complexity index is 936. The topological polar surface area (TPSA) is 97.5 Å². The van der Waals surface area contributed by atoms with E-state index in [2.05, 4.69) is 44.4 Å². The fraction of sp³-hybridized carbons (Fsp3) is 0.200. The van der Waals surface area contributed by atoms with Crippen LogP contribution in [0.15, 0.2) is 41.4 Å². The van der Waals surface area contributed by atoms with Crippen molar-refractivity contribution in [2.75, 3.05) is 5.32 Å². The van der Waals surface area contributed by atoms with Crippen molar-refractivity contribution in [3.05, 3.63) is 37.0 Å². The molecular weight excluding hydrogens is 294 g/mol. The van der Waals surface area contributed by atoms with E-state index in [1.54, 1.807) is 24.7 Å². The van der Waals surface area contributed by atoms with Crippen molar-refractivity contribution in [1.29, 1.82) is 0 Å². The van der Waals surface area contributed by atoms with Crippen LogP contribution in [0, 0.1) is 0 Å². The van der Waals surface area contributed by atoms with E-state index in [0.717, 1.165) is 11.2 Å². The van der Waals surface area contributed by atoms with Crippen molar-refractivity contribution in [3.8, 4) is 11.6 Å². The standard InChI is InChI=1S/C15H15N7O/c1-9(2)22-8-10(6-17-22)18-15-13-11(7-16-21-13)19-14(20-15)12-4-3-5-23-12/h3-9H,1-2H3,(H,16,21)(H,18,19,20). The summed E-state index contributed by atoms with van der Waals surface area (Å²) in [5, 5.41) is 14.5. The maximum Gasteiger partial charge on any atom is 0.198 e. The van der Waals surface area contributed by atoms with Crippen LogP contribution in [0.4, 0.5) is 11.5 Å². The van der Waals surface area contributed by atoms with Crippen molar-refractivity contribution >= 4 is 22.5 Å². The number of fused-ring (bicyclic) bond motifs is 1. The molecule has 116 valence electrons. The maximum atomic E-state index is 5.39. The molecule has 0 aliphatic carbocycles. The number of nitrogens with zero attached hydrogens (tertiary/aromatic N) is 5. The molecule has 8 nitrogen and oxygen atoms in total. The van der Waals surface area contributed by atoms with E-state index < -0.39 is 0 Å². The summed E-state index contributed by atoms with van der Waals surface area (Å²) in [6.07, 6.45) is 6.95. The molecule has 0 fully saturated rings. The fourth-order valence-electron chi connectivity index (χ4n) is 2.27. The van der Waals surface area contributed by atoms with Crippen LogP contribution in [0.25, 0.3) is 22.6 Å². The highest BCUT2D eigenvalue weighted by molar-refractivity contribution is 5.88. The van der Waals surface area contributed by atoms with Crippen molar-refractivity contribution < 1.29 is 4.42 Å². The lowest BCUT2D eigenvalue weighted by atomic mass is 10.3. The molecular formula is C15H15N7O. The Balaban J connectivity index is 1.77. The van der Waals surface area contributed by atoms with Crippen molar-refractivity contribution in [3.63, 3.8) is 0 Å². The molecule has 0 aliphatic heterocycles. The molecule has 0 amide bonds. The third-order valence-corrected chi connectivity index (χ3v) is 3.44. The molecule has 0 unspecified atom stereocenters. The third-order valence-electron chi connectivity index (χ3n) is 3.44. The van der Waals surface area contributed by atoms with Gasteiger partial charge in [0.1, 0.15) is 11.0 Å². The van der Waals surface area contributed by atoms with Gasteiger partial charge in [-0.25, -0.2) is 9.97 Å². The molecule has 0 saturated heterocycles. The highest BCUT2D eigenvalue weighted by atomic mass is 16.3. The molecule has 0 radical (unpaired) electrons. The molecule has 4 aromatic rings. The summed E-state index contributed by atoms with van der Waals surface area (Å²) in [6.45, 7) is 4.15. The first-order valence-corrected chi connectivity index (χ1v) is 7.27. The molecule has 8 heteroatoms. The summed E-state index contributed by atoms with van der Waals surface area (Å²) < 4.78 is 7.26. The van der Waals surface area contributed by atoms with Gasteiger partial charge in [-0.3, -0.25) is 9.78 Å². The lowest BCUT2D eigenvalue weighted by molar-refractivity contribution is 0.532. The van der Waals surface area contributed by atoms with E-state index in [1.807, 2.05) is 16.9 Å². The number of aromatic nitrogens is 6. The average Bonchev–Trinajstić information content (AvgIpc) is 3.28. The van der Waals surface area contributed by atoms with Gasteiger partial charge in [0.15, 0.2) is 17.4 Å². The number of rotatable bonds is 4. The van der Waals surface area contributed by atoms with Crippen molar-refractivity contribution in [2.24, 2.45) is 0 Å². The van der Waals surface area contributed by atoms with Gasteiger partial charge in [-0.05, 0) is 26.0 Å². The Morgan fingerprint density at radius 1 is 1.26 bits per heavy atom. The van der Waals surface area contributed by atoms with E-state index in [1.165, 1.54) is 0 Å². The largest absolute Gasteiger partial charge is 0.461 e. The molecule has 23 heavy (non-hydrogen) atoms. The number of nitrogens with one attached hydrogen (secondary N) is 2. The summed E-state index contributed by atoms with van der Waals surface area (Å²) in [4.78, 5) is 8.99. The molecule has 0 aliphatic rings. The maximum absolute atomic E-state index is 5.39. The van der Waals surface area contributed by atoms with Crippen LogP contribution in [0.5, 0.6) is 0 Å². The van der Waals surface area contributed by atoms with Crippen LogP contribution < -0.4 is 5.32 Å². The minimum absolute atomic E-state index is 0.293. The molecule has 0 spiro atoms. The van der Waals surface area contributed by atoms with Crippen LogP contribution in [0.3, 0.4) is 0 Å². The normalized spacial score (nSPS) is 11.4. The van der Waals surface area contributed by atoms with Crippen LogP contribution in [0.1, 0.15) is 19.9 Å². The lowest BCUT2D eigenvalue weighted by Crippen LogP contribution is -2.00. The highest BCUT2D eigenvalue weighted by Gasteiger charge is 2.13. The molecule has 2 N–H and O–H groups in total. The predicted molar refractivity (Wildman–Crippen MR) is 85.3 cm³/mol. The Morgan fingerprint density at radius 2 is 2.17 bits per heavy atom. The number of hydrogen-bond acceptors (Lipinski definition) is 6. The number of aromatic amines is 1. The summed E-state index contributed by atoms with van der Waals surface area (Å²) in [7, 11) is 0. The summed E-state index contributed by atoms with van der Waals surface area (Å²) in [5.74, 6) is 1.74. The summed E-state index contributed by atoms with van der Waals surface area (Å²) in [6, 6.07) is 3.92. The molecule has 0 aromatic carbocycles. The molecule has 4 rings (SSSR count). The van der Waals surface area contributed by atoms with Crippen LogP contribution in [0.2, 0.25) is 0 Å². The Hall–Kier alpha value is -3.16. The van der Waals surface area contributed by atoms with Crippen molar-refractivity contribution in [2.45, 2.75) is 19.9 Å².